The van der Waals surface area contributed by atoms with Crippen molar-refractivity contribution in [2.45, 2.75) is 64.1 Å². The summed E-state index contributed by atoms with van der Waals surface area (Å²) in [7, 11) is 0. The molecule has 2 rings (SSSR count). The predicted octanol–water partition coefficient (Wildman–Crippen LogP) is 2.84. The fourth-order valence-electron chi connectivity index (χ4n) is 3.24. The van der Waals surface area contributed by atoms with E-state index >= 15 is 0 Å². The van der Waals surface area contributed by atoms with Crippen LogP contribution in [0.25, 0.3) is 0 Å². The van der Waals surface area contributed by atoms with Gasteiger partial charge in [0.2, 0.25) is 0 Å². The first-order valence-corrected chi connectivity index (χ1v) is 6.60. The molecule has 2 aliphatic heterocycles. The van der Waals surface area contributed by atoms with E-state index in [1.54, 1.807) is 0 Å². The molecule has 2 fully saturated rings. The van der Waals surface area contributed by atoms with Crippen LogP contribution in [-0.2, 0) is 9.53 Å². The monoisotopic (exact) mass is 226 g/mol. The maximum absolute atomic E-state index is 11.3. The highest BCUT2D eigenvalue weighted by Gasteiger charge is 2.46. The number of unbranched alkanes of at least 4 members (excludes halogenated alkanes) is 2. The number of carboxylic acids is 1. The maximum atomic E-state index is 11.3. The van der Waals surface area contributed by atoms with Crippen LogP contribution in [0.5, 0.6) is 0 Å². The first kappa shape index (κ1) is 11.9. The Balaban J connectivity index is 1.89. The van der Waals surface area contributed by atoms with Gasteiger partial charge in [0.1, 0.15) is 0 Å². The van der Waals surface area contributed by atoms with Gasteiger partial charge in [0, 0.05) is 5.92 Å². The van der Waals surface area contributed by atoms with Gasteiger partial charge in [-0.2, -0.15) is 0 Å². The van der Waals surface area contributed by atoms with Crippen molar-refractivity contribution in [3.63, 3.8) is 0 Å². The molecule has 92 valence electrons. The number of aliphatic carboxylic acids is 1. The van der Waals surface area contributed by atoms with Gasteiger partial charge in [0.15, 0.2) is 0 Å². The molecule has 16 heavy (non-hydrogen) atoms. The van der Waals surface area contributed by atoms with Crippen LogP contribution in [0.1, 0.15) is 51.9 Å². The lowest BCUT2D eigenvalue weighted by molar-refractivity contribution is -0.144. The Bertz CT molecular complexity index is 252. The van der Waals surface area contributed by atoms with E-state index < -0.39 is 5.97 Å². The average Bonchev–Trinajstić information content (AvgIpc) is 2.85. The molecule has 0 aliphatic carbocycles. The van der Waals surface area contributed by atoms with Crippen molar-refractivity contribution in [3.05, 3.63) is 0 Å². The molecule has 0 spiro atoms. The molecule has 0 aromatic rings. The van der Waals surface area contributed by atoms with Crippen molar-refractivity contribution >= 4 is 5.97 Å². The Kier molecular flexibility index (Phi) is 3.85. The number of hydrogen-bond acceptors (Lipinski definition) is 2. The predicted molar refractivity (Wildman–Crippen MR) is 61.3 cm³/mol. The van der Waals surface area contributed by atoms with Crippen molar-refractivity contribution in [1.82, 2.24) is 0 Å². The van der Waals surface area contributed by atoms with Gasteiger partial charge >= 0.3 is 5.97 Å². The normalized spacial score (nSPS) is 34.2. The summed E-state index contributed by atoms with van der Waals surface area (Å²) in [5.41, 5.74) is 0. The first-order chi connectivity index (χ1) is 7.72. The molecule has 2 bridgehead atoms. The van der Waals surface area contributed by atoms with Gasteiger partial charge in [-0.05, 0) is 25.7 Å². The molecule has 0 amide bonds. The third-order valence-electron chi connectivity index (χ3n) is 4.11. The van der Waals surface area contributed by atoms with Crippen LogP contribution in [0.4, 0.5) is 0 Å². The van der Waals surface area contributed by atoms with Crippen LogP contribution in [0.2, 0.25) is 0 Å². The fraction of sp³-hybridized carbons (Fsp3) is 0.923. The molecule has 0 radical (unpaired) electrons. The van der Waals surface area contributed by atoms with E-state index in [1.165, 1.54) is 0 Å². The second-order valence-corrected chi connectivity index (χ2v) is 5.21. The quantitative estimate of drug-likeness (QED) is 0.708. The van der Waals surface area contributed by atoms with E-state index in [0.29, 0.717) is 6.10 Å². The minimum Gasteiger partial charge on any atom is -0.481 e. The number of carboxylic acid groups (broad SMARTS) is 1. The molecule has 2 saturated heterocycles. The maximum Gasteiger partial charge on any atom is 0.306 e. The summed E-state index contributed by atoms with van der Waals surface area (Å²) in [6, 6.07) is 0. The van der Waals surface area contributed by atoms with Crippen molar-refractivity contribution in [2.24, 2.45) is 11.8 Å². The minimum atomic E-state index is -0.614. The largest absolute Gasteiger partial charge is 0.481 e. The summed E-state index contributed by atoms with van der Waals surface area (Å²) >= 11 is 0. The summed E-state index contributed by atoms with van der Waals surface area (Å²) in [5.74, 6) is -0.493. The number of rotatable bonds is 6. The van der Waals surface area contributed by atoms with Crippen LogP contribution in [0.3, 0.4) is 0 Å². The zero-order valence-corrected chi connectivity index (χ0v) is 10.0. The van der Waals surface area contributed by atoms with Crippen LogP contribution in [0.15, 0.2) is 0 Å². The second-order valence-electron chi connectivity index (χ2n) is 5.21. The highest BCUT2D eigenvalue weighted by atomic mass is 16.5. The van der Waals surface area contributed by atoms with Crippen LogP contribution < -0.4 is 0 Å². The van der Waals surface area contributed by atoms with E-state index in [4.69, 9.17) is 4.74 Å². The molecule has 2 heterocycles. The standard InChI is InChI=1S/C13H22O3/c1-2-3-4-5-10(13(14)15)11-8-9-6-7-12(11)16-9/h9-12H,2-8H2,1H3,(H,14,15). The van der Waals surface area contributed by atoms with Gasteiger partial charge in [-0.25, -0.2) is 0 Å². The summed E-state index contributed by atoms with van der Waals surface area (Å²) in [4.78, 5) is 11.3. The molecule has 3 nitrogen and oxygen atoms in total. The molecule has 0 aromatic heterocycles. The SMILES string of the molecule is CCCCCC(C(=O)O)C1CC2CCC1O2. The Morgan fingerprint density at radius 3 is 2.75 bits per heavy atom. The molecule has 4 unspecified atom stereocenters. The average molecular weight is 226 g/mol. The molecule has 0 aromatic carbocycles. The summed E-state index contributed by atoms with van der Waals surface area (Å²) < 4.78 is 5.76. The molecular weight excluding hydrogens is 204 g/mol. The number of carbonyl (C=O) groups is 1. The Morgan fingerprint density at radius 2 is 2.25 bits per heavy atom. The van der Waals surface area contributed by atoms with Gasteiger partial charge in [-0.15, -0.1) is 0 Å². The Hall–Kier alpha value is -0.570. The van der Waals surface area contributed by atoms with Gasteiger partial charge in [0.05, 0.1) is 18.1 Å². The van der Waals surface area contributed by atoms with Crippen LogP contribution in [0, 0.1) is 11.8 Å². The summed E-state index contributed by atoms with van der Waals surface area (Å²) in [6.07, 6.45) is 7.98. The third kappa shape index (κ3) is 2.40. The van der Waals surface area contributed by atoms with Crippen LogP contribution >= 0.6 is 0 Å². The van der Waals surface area contributed by atoms with Gasteiger partial charge in [0.25, 0.3) is 0 Å². The molecule has 0 saturated carbocycles. The van der Waals surface area contributed by atoms with Crippen molar-refractivity contribution in [2.75, 3.05) is 0 Å². The zero-order valence-electron chi connectivity index (χ0n) is 10.0. The van der Waals surface area contributed by atoms with Gasteiger partial charge < -0.3 is 9.84 Å². The Morgan fingerprint density at radius 1 is 1.44 bits per heavy atom. The van der Waals surface area contributed by atoms with E-state index in [9.17, 15) is 9.90 Å². The highest BCUT2D eigenvalue weighted by molar-refractivity contribution is 5.70. The molecule has 1 N–H and O–H groups in total. The molecule has 3 heteroatoms. The lowest BCUT2D eigenvalue weighted by Gasteiger charge is -2.25. The lowest BCUT2D eigenvalue weighted by atomic mass is 9.78. The van der Waals surface area contributed by atoms with Gasteiger partial charge in [-0.1, -0.05) is 26.2 Å². The summed E-state index contributed by atoms with van der Waals surface area (Å²) in [6.45, 7) is 2.15. The third-order valence-corrected chi connectivity index (χ3v) is 4.11. The van der Waals surface area contributed by atoms with E-state index in [1.807, 2.05) is 0 Å². The molecule has 4 atom stereocenters. The summed E-state index contributed by atoms with van der Waals surface area (Å²) in [5, 5.41) is 9.31. The second kappa shape index (κ2) is 5.17. The van der Waals surface area contributed by atoms with E-state index in [2.05, 4.69) is 6.92 Å². The van der Waals surface area contributed by atoms with Crippen molar-refractivity contribution in [3.8, 4) is 0 Å². The number of fused-ring (bicyclic) bond motifs is 2. The Labute approximate surface area is 97.2 Å². The minimum absolute atomic E-state index is 0.165. The lowest BCUT2D eigenvalue weighted by Crippen LogP contribution is -2.30. The van der Waals surface area contributed by atoms with Crippen molar-refractivity contribution in [1.29, 1.82) is 0 Å². The van der Waals surface area contributed by atoms with E-state index in [0.717, 1.165) is 44.9 Å². The first-order valence-electron chi connectivity index (χ1n) is 6.60. The van der Waals surface area contributed by atoms with Crippen molar-refractivity contribution < 1.29 is 14.6 Å². The number of hydrogen-bond donors (Lipinski definition) is 1. The topological polar surface area (TPSA) is 46.5 Å². The molecular formula is C13H22O3. The zero-order chi connectivity index (χ0) is 11.5. The fourth-order valence-corrected chi connectivity index (χ4v) is 3.24. The number of ether oxygens (including phenoxy) is 1. The van der Waals surface area contributed by atoms with Crippen LogP contribution in [-0.4, -0.2) is 23.3 Å². The van der Waals surface area contributed by atoms with E-state index in [-0.39, 0.29) is 17.9 Å². The highest BCUT2D eigenvalue weighted by Crippen LogP contribution is 2.43. The molecule has 2 aliphatic rings. The smallest absolute Gasteiger partial charge is 0.306 e. The van der Waals surface area contributed by atoms with Gasteiger partial charge in [-0.3, -0.25) is 4.79 Å².